The summed E-state index contributed by atoms with van der Waals surface area (Å²) < 4.78 is 16.8. The maximum Gasteiger partial charge on any atom is 0.306 e. The molecule has 0 heterocycles. The van der Waals surface area contributed by atoms with Crippen LogP contribution in [0, 0.1) is 0 Å². The van der Waals surface area contributed by atoms with Crippen LogP contribution in [0.1, 0.15) is 239 Å². The van der Waals surface area contributed by atoms with E-state index in [2.05, 4.69) is 93.7 Å². The summed E-state index contributed by atoms with van der Waals surface area (Å²) >= 11 is 0. The van der Waals surface area contributed by atoms with Gasteiger partial charge in [-0.15, -0.1) is 0 Å². The van der Waals surface area contributed by atoms with E-state index in [4.69, 9.17) is 14.2 Å². The highest BCUT2D eigenvalue weighted by atomic mass is 16.6. The Hall–Kier alpha value is -4.19. The summed E-state index contributed by atoms with van der Waals surface area (Å²) in [5.41, 5.74) is 0. The molecule has 0 bridgehead atoms. The Balaban J connectivity index is 4.53. The number of rotatable bonds is 49. The second kappa shape index (κ2) is 56.4. The minimum absolute atomic E-state index is 0.117. The minimum Gasteiger partial charge on any atom is -0.462 e. The third kappa shape index (κ3) is 54.6. The van der Waals surface area contributed by atoms with Crippen LogP contribution in [0.3, 0.4) is 0 Å². The van der Waals surface area contributed by atoms with Crippen LogP contribution < -0.4 is 0 Å². The predicted octanol–water partition coefficient (Wildman–Crippen LogP) is 18.9. The van der Waals surface area contributed by atoms with Crippen molar-refractivity contribution >= 4 is 17.9 Å². The van der Waals surface area contributed by atoms with Crippen LogP contribution in [0.5, 0.6) is 0 Å². The van der Waals surface area contributed by atoms with Crippen LogP contribution in [-0.4, -0.2) is 37.2 Å². The van der Waals surface area contributed by atoms with Crippen molar-refractivity contribution in [2.75, 3.05) is 13.2 Å². The molecule has 0 saturated carbocycles. The summed E-state index contributed by atoms with van der Waals surface area (Å²) in [7, 11) is 0. The van der Waals surface area contributed by atoms with E-state index in [1.807, 2.05) is 48.6 Å². The lowest BCUT2D eigenvalue weighted by atomic mass is 10.1. The highest BCUT2D eigenvalue weighted by Gasteiger charge is 2.19. The lowest BCUT2D eigenvalue weighted by Gasteiger charge is -2.18. The van der Waals surface area contributed by atoms with Crippen LogP contribution in [0.4, 0.5) is 0 Å². The van der Waals surface area contributed by atoms with E-state index in [1.165, 1.54) is 122 Å². The molecule has 0 fully saturated rings. The molecule has 0 radical (unpaired) electrons. The number of unbranched alkanes of at least 4 members (excludes halogenated alkanes) is 23. The van der Waals surface area contributed by atoms with E-state index in [1.54, 1.807) is 0 Å². The molecule has 0 saturated heterocycles. The second-order valence-corrected chi connectivity index (χ2v) is 18.3. The van der Waals surface area contributed by atoms with Crippen LogP contribution >= 0.6 is 0 Å². The van der Waals surface area contributed by atoms with Gasteiger partial charge in [-0.2, -0.15) is 0 Å². The van der Waals surface area contributed by atoms with Gasteiger partial charge in [0.15, 0.2) is 6.10 Å². The van der Waals surface area contributed by atoms with Gasteiger partial charge in [-0.3, -0.25) is 14.4 Å². The summed E-state index contributed by atoms with van der Waals surface area (Å²) in [6.45, 7) is 6.38. The fourth-order valence-electron chi connectivity index (χ4n) is 7.35. The van der Waals surface area contributed by atoms with Gasteiger partial charge in [-0.05, 0) is 96.3 Å². The summed E-state index contributed by atoms with van der Waals surface area (Å²) in [5.74, 6) is -1.02. The van der Waals surface area contributed by atoms with Crippen molar-refractivity contribution in [3.8, 4) is 0 Å². The number of ether oxygens (including phenoxy) is 3. The van der Waals surface area contributed by atoms with Gasteiger partial charge in [0.25, 0.3) is 0 Å². The zero-order valence-corrected chi connectivity index (χ0v) is 44.5. The summed E-state index contributed by atoms with van der Waals surface area (Å²) in [5, 5.41) is 0. The highest BCUT2D eigenvalue weighted by Crippen LogP contribution is 2.14. The molecule has 0 aromatic carbocycles. The topological polar surface area (TPSA) is 78.9 Å². The van der Waals surface area contributed by atoms with E-state index in [0.717, 1.165) is 70.6 Å². The maximum absolute atomic E-state index is 12.8. The highest BCUT2D eigenvalue weighted by molar-refractivity contribution is 5.71. The van der Waals surface area contributed by atoms with Crippen molar-refractivity contribution in [3.63, 3.8) is 0 Å². The van der Waals surface area contributed by atoms with Crippen molar-refractivity contribution in [2.45, 2.75) is 245 Å². The van der Waals surface area contributed by atoms with Gasteiger partial charge >= 0.3 is 17.9 Å². The molecule has 0 amide bonds. The Kier molecular flexibility index (Phi) is 53.0. The van der Waals surface area contributed by atoms with Gasteiger partial charge in [-0.1, -0.05) is 245 Å². The van der Waals surface area contributed by atoms with Crippen molar-refractivity contribution in [1.82, 2.24) is 0 Å². The average Bonchev–Trinajstić information content (AvgIpc) is 3.35. The van der Waals surface area contributed by atoms with Gasteiger partial charge in [-0.25, -0.2) is 0 Å². The second-order valence-electron chi connectivity index (χ2n) is 18.3. The van der Waals surface area contributed by atoms with E-state index < -0.39 is 6.10 Å². The summed E-state index contributed by atoms with van der Waals surface area (Å²) in [6.07, 6.45) is 77.6. The molecule has 0 spiro atoms. The molecule has 6 heteroatoms. The van der Waals surface area contributed by atoms with Crippen molar-refractivity contribution < 1.29 is 28.6 Å². The monoisotopic (exact) mass is 955 g/mol. The number of hydrogen-bond donors (Lipinski definition) is 0. The standard InChI is InChI=1S/C63H102O6/c1-4-7-10-13-16-19-22-25-28-30-31-33-35-38-41-44-47-50-53-56-62(65)68-59-60(58-67-61(64)55-52-49-46-43-40-37-34-27-24-21-18-15-12-9-6-3)69-63(66)57-54-51-48-45-42-39-36-32-29-26-23-20-17-14-11-8-5-2/h9,12,15-16,18-19,21-22,24-27,29,34,36-37,39-40,45,48,60H,4-8,10-11,13-14,17,20,23,28,30-33,35,38,41-44,46-47,49-59H2,1-3H3/b12-9-,18-15-,19-16-,24-21-,25-22-,29-26-,34-27-,39-36-,40-37-,48-45-. The fraction of sp³-hybridized carbons (Fsp3) is 0.635. The zero-order valence-electron chi connectivity index (χ0n) is 44.5. The van der Waals surface area contributed by atoms with E-state index >= 15 is 0 Å². The number of allylic oxidation sites excluding steroid dienone is 20. The largest absolute Gasteiger partial charge is 0.462 e. The summed E-state index contributed by atoms with van der Waals surface area (Å²) in [4.78, 5) is 38.1. The van der Waals surface area contributed by atoms with Gasteiger partial charge in [0, 0.05) is 19.3 Å². The Morgan fingerprint density at radius 2 is 0.638 bits per heavy atom. The third-order valence-corrected chi connectivity index (χ3v) is 11.6. The molecule has 0 aromatic rings. The molecule has 1 unspecified atom stereocenters. The van der Waals surface area contributed by atoms with Gasteiger partial charge in [0.05, 0.1) is 0 Å². The van der Waals surface area contributed by atoms with E-state index in [9.17, 15) is 14.4 Å². The third-order valence-electron chi connectivity index (χ3n) is 11.6. The zero-order chi connectivity index (χ0) is 50.0. The van der Waals surface area contributed by atoms with Crippen LogP contribution in [0.2, 0.25) is 0 Å². The van der Waals surface area contributed by atoms with Gasteiger partial charge in [0.2, 0.25) is 0 Å². The first kappa shape index (κ1) is 64.8. The van der Waals surface area contributed by atoms with Crippen LogP contribution in [0.25, 0.3) is 0 Å². The Morgan fingerprint density at radius 1 is 0.319 bits per heavy atom. The molecule has 0 rings (SSSR count). The Morgan fingerprint density at radius 3 is 1.12 bits per heavy atom. The van der Waals surface area contributed by atoms with Gasteiger partial charge in [0.1, 0.15) is 13.2 Å². The lowest BCUT2D eigenvalue weighted by molar-refractivity contribution is -0.167. The average molecular weight is 956 g/mol. The molecule has 69 heavy (non-hydrogen) atoms. The number of esters is 3. The SMILES string of the molecule is CC\C=C/C=C\C=C/C=C\C=C/CCCCCC(=O)OCC(COC(=O)CCCCCCCCCCCC/C=C\C=C/CCCCC)OC(=O)CCC/C=C\C/C=C\C/C=C\CCCCCCCC. The Bertz CT molecular complexity index is 1470. The molecule has 0 aliphatic rings. The number of carbonyl (C=O) groups is 3. The maximum atomic E-state index is 12.8. The van der Waals surface area contributed by atoms with E-state index in [0.29, 0.717) is 19.3 Å². The predicted molar refractivity (Wildman–Crippen MR) is 297 cm³/mol. The van der Waals surface area contributed by atoms with Gasteiger partial charge < -0.3 is 14.2 Å². The first-order chi connectivity index (χ1) is 34.0. The first-order valence-electron chi connectivity index (χ1n) is 28.1. The van der Waals surface area contributed by atoms with Crippen LogP contribution in [0.15, 0.2) is 122 Å². The molecule has 0 aliphatic carbocycles. The molecule has 6 nitrogen and oxygen atoms in total. The molecule has 0 aromatic heterocycles. The van der Waals surface area contributed by atoms with Crippen molar-refractivity contribution in [2.24, 2.45) is 0 Å². The first-order valence-corrected chi connectivity index (χ1v) is 28.1. The molecular formula is C63H102O6. The van der Waals surface area contributed by atoms with Crippen molar-refractivity contribution in [3.05, 3.63) is 122 Å². The summed E-state index contributed by atoms with van der Waals surface area (Å²) in [6, 6.07) is 0. The lowest BCUT2D eigenvalue weighted by Crippen LogP contribution is -2.30. The van der Waals surface area contributed by atoms with Crippen LogP contribution in [-0.2, 0) is 28.6 Å². The molecule has 0 aliphatic heterocycles. The van der Waals surface area contributed by atoms with E-state index in [-0.39, 0.29) is 37.5 Å². The van der Waals surface area contributed by atoms with Crippen molar-refractivity contribution in [1.29, 1.82) is 0 Å². The quantitative estimate of drug-likeness (QED) is 0.0199. The Labute approximate surface area is 424 Å². The smallest absolute Gasteiger partial charge is 0.306 e. The fourth-order valence-corrected chi connectivity index (χ4v) is 7.35. The molecule has 0 N–H and O–H groups in total. The molecular weight excluding hydrogens is 853 g/mol. The minimum atomic E-state index is -0.827. The number of carbonyl (C=O) groups excluding carboxylic acids is 3. The number of hydrogen-bond acceptors (Lipinski definition) is 6. The molecule has 390 valence electrons. The normalized spacial score (nSPS) is 13.0. The molecule has 1 atom stereocenters.